The third kappa shape index (κ3) is 3.94. The van der Waals surface area contributed by atoms with E-state index >= 15 is 0 Å². The fraction of sp³-hybridized carbons (Fsp3) is 0.316. The number of imidazole rings is 1. The summed E-state index contributed by atoms with van der Waals surface area (Å²) in [5, 5.41) is 0. The Morgan fingerprint density at radius 2 is 1.69 bits per heavy atom. The number of hydrogen-bond donors (Lipinski definition) is 0. The molecule has 29 heavy (non-hydrogen) atoms. The highest BCUT2D eigenvalue weighted by Gasteiger charge is 2.29. The van der Waals surface area contributed by atoms with Crippen molar-refractivity contribution in [3.8, 4) is 11.6 Å². The summed E-state index contributed by atoms with van der Waals surface area (Å²) in [6.07, 6.45) is 5.20. The van der Waals surface area contributed by atoms with Gasteiger partial charge in [0.05, 0.1) is 12.0 Å². The molecule has 1 fully saturated rings. The van der Waals surface area contributed by atoms with Gasteiger partial charge < -0.3 is 9.64 Å². The molecule has 4 rings (SSSR count). The number of benzene rings is 1. The molecule has 0 saturated carbocycles. The second-order valence-electron chi connectivity index (χ2n) is 6.67. The lowest BCUT2D eigenvalue weighted by molar-refractivity contribution is 0.383. The van der Waals surface area contributed by atoms with Crippen molar-refractivity contribution in [1.82, 2.24) is 23.8 Å². The molecule has 0 aliphatic carbocycles. The third-order valence-electron chi connectivity index (χ3n) is 4.84. The first-order valence-corrected chi connectivity index (χ1v) is 10.6. The van der Waals surface area contributed by atoms with Crippen LogP contribution < -0.4 is 9.64 Å². The lowest BCUT2D eigenvalue weighted by Gasteiger charge is -2.34. The summed E-state index contributed by atoms with van der Waals surface area (Å²) in [4.78, 5) is 15.4. The number of aromatic nitrogens is 4. The SMILES string of the molecule is COc1ccc(S(=O)(=O)N2CCN(c3cc(-n4ccnc4)nc(C)n3)CC2)cc1. The van der Waals surface area contributed by atoms with Gasteiger partial charge in [0.25, 0.3) is 0 Å². The van der Waals surface area contributed by atoms with Crippen LogP contribution in [0.3, 0.4) is 0 Å². The van der Waals surface area contributed by atoms with Crippen LogP contribution in [0.1, 0.15) is 5.82 Å². The van der Waals surface area contributed by atoms with Gasteiger partial charge in [0, 0.05) is 44.6 Å². The van der Waals surface area contributed by atoms with E-state index in [1.54, 1.807) is 43.9 Å². The van der Waals surface area contributed by atoms with Crippen LogP contribution in [-0.4, -0.2) is 65.5 Å². The molecule has 152 valence electrons. The number of aryl methyl sites for hydroxylation is 1. The zero-order valence-corrected chi connectivity index (χ0v) is 17.1. The van der Waals surface area contributed by atoms with Crippen molar-refractivity contribution in [2.24, 2.45) is 0 Å². The van der Waals surface area contributed by atoms with Gasteiger partial charge in [-0.2, -0.15) is 4.31 Å². The Kier molecular flexibility index (Phi) is 5.20. The van der Waals surface area contributed by atoms with Crippen LogP contribution in [0.5, 0.6) is 5.75 Å². The second-order valence-corrected chi connectivity index (χ2v) is 8.61. The molecule has 1 saturated heterocycles. The summed E-state index contributed by atoms with van der Waals surface area (Å²) in [6.45, 7) is 3.72. The number of nitrogens with zero attached hydrogens (tertiary/aromatic N) is 6. The highest BCUT2D eigenvalue weighted by Crippen LogP contribution is 2.23. The molecule has 0 amide bonds. The Morgan fingerprint density at radius 1 is 1.00 bits per heavy atom. The molecule has 10 heteroatoms. The first-order valence-electron chi connectivity index (χ1n) is 9.20. The highest BCUT2D eigenvalue weighted by atomic mass is 32.2. The van der Waals surface area contributed by atoms with Crippen molar-refractivity contribution in [3.05, 3.63) is 54.9 Å². The number of sulfonamides is 1. The van der Waals surface area contributed by atoms with Gasteiger partial charge >= 0.3 is 0 Å². The van der Waals surface area contributed by atoms with Crippen molar-refractivity contribution in [2.75, 3.05) is 38.2 Å². The number of hydrogen-bond acceptors (Lipinski definition) is 7. The van der Waals surface area contributed by atoms with Crippen molar-refractivity contribution in [3.63, 3.8) is 0 Å². The molecule has 2 aromatic heterocycles. The standard InChI is InChI=1S/C19H22N6O3S/c1-15-21-18(13-19(22-15)24-8-7-20-14-24)23-9-11-25(12-10-23)29(26,27)17-5-3-16(28-2)4-6-17/h3-8,13-14H,9-12H2,1-2H3. The molecule has 3 heterocycles. The van der Waals surface area contributed by atoms with Crippen LogP contribution in [0.2, 0.25) is 0 Å². The Balaban J connectivity index is 1.49. The van der Waals surface area contributed by atoms with Gasteiger partial charge in [-0.05, 0) is 31.2 Å². The zero-order valence-electron chi connectivity index (χ0n) is 16.3. The van der Waals surface area contributed by atoms with E-state index in [0.717, 1.165) is 11.6 Å². The van der Waals surface area contributed by atoms with Crippen LogP contribution >= 0.6 is 0 Å². The maximum Gasteiger partial charge on any atom is 0.243 e. The van der Waals surface area contributed by atoms with Gasteiger partial charge in [-0.15, -0.1) is 0 Å². The third-order valence-corrected chi connectivity index (χ3v) is 6.75. The van der Waals surface area contributed by atoms with Crippen molar-refractivity contribution in [1.29, 1.82) is 0 Å². The molecule has 1 aliphatic heterocycles. The quantitative estimate of drug-likeness (QED) is 0.624. The van der Waals surface area contributed by atoms with E-state index in [1.165, 1.54) is 4.31 Å². The van der Waals surface area contributed by atoms with Crippen LogP contribution in [0.15, 0.2) is 53.9 Å². The van der Waals surface area contributed by atoms with E-state index in [2.05, 4.69) is 19.9 Å². The van der Waals surface area contributed by atoms with Gasteiger partial charge in [0.2, 0.25) is 10.0 Å². The van der Waals surface area contributed by atoms with Crippen molar-refractivity contribution < 1.29 is 13.2 Å². The minimum Gasteiger partial charge on any atom is -0.497 e. The van der Waals surface area contributed by atoms with Crippen LogP contribution in [0, 0.1) is 6.92 Å². The average molecular weight is 414 g/mol. The normalized spacial score (nSPS) is 15.4. The predicted octanol–water partition coefficient (Wildman–Crippen LogP) is 1.49. The van der Waals surface area contributed by atoms with Gasteiger partial charge in [0.1, 0.15) is 29.5 Å². The molecule has 9 nitrogen and oxygen atoms in total. The summed E-state index contributed by atoms with van der Waals surface area (Å²) < 4.78 is 34.3. The van der Waals surface area contributed by atoms with Crippen molar-refractivity contribution in [2.45, 2.75) is 11.8 Å². The maximum atomic E-state index is 12.9. The van der Waals surface area contributed by atoms with E-state index in [-0.39, 0.29) is 4.90 Å². The molecule has 0 spiro atoms. The highest BCUT2D eigenvalue weighted by molar-refractivity contribution is 7.89. The summed E-state index contributed by atoms with van der Waals surface area (Å²) in [6, 6.07) is 8.36. The second kappa shape index (κ2) is 7.80. The monoisotopic (exact) mass is 414 g/mol. The fourth-order valence-corrected chi connectivity index (χ4v) is 4.70. The van der Waals surface area contributed by atoms with E-state index in [0.29, 0.717) is 37.8 Å². The predicted molar refractivity (Wildman–Crippen MR) is 108 cm³/mol. The smallest absolute Gasteiger partial charge is 0.243 e. The number of ether oxygens (including phenoxy) is 1. The Bertz CT molecular complexity index is 1080. The number of rotatable bonds is 5. The first kappa shape index (κ1) is 19.3. The van der Waals surface area contributed by atoms with Gasteiger partial charge in [-0.25, -0.2) is 23.4 Å². The molecule has 3 aromatic rings. The van der Waals surface area contributed by atoms with Crippen LogP contribution in [-0.2, 0) is 10.0 Å². The van der Waals surface area contributed by atoms with Crippen LogP contribution in [0.4, 0.5) is 5.82 Å². The first-order chi connectivity index (χ1) is 14.0. The zero-order chi connectivity index (χ0) is 20.4. The topological polar surface area (TPSA) is 93.5 Å². The Hall–Kier alpha value is -2.98. The van der Waals surface area contributed by atoms with E-state index in [1.807, 2.05) is 23.8 Å². The largest absolute Gasteiger partial charge is 0.497 e. The van der Waals surface area contributed by atoms with Crippen LogP contribution in [0.25, 0.3) is 5.82 Å². The number of anilines is 1. The van der Waals surface area contributed by atoms with Gasteiger partial charge in [-0.3, -0.25) is 4.57 Å². The molecule has 0 N–H and O–H groups in total. The summed E-state index contributed by atoms with van der Waals surface area (Å²) in [5.41, 5.74) is 0. The van der Waals surface area contributed by atoms with E-state index in [9.17, 15) is 8.42 Å². The molecular weight excluding hydrogens is 392 g/mol. The summed E-state index contributed by atoms with van der Waals surface area (Å²) in [5.74, 6) is 2.79. The van der Waals surface area contributed by atoms with E-state index < -0.39 is 10.0 Å². The molecule has 1 aliphatic rings. The molecular formula is C19H22N6O3S. The molecule has 0 atom stereocenters. The average Bonchev–Trinajstić information content (AvgIpc) is 3.28. The molecule has 0 radical (unpaired) electrons. The van der Waals surface area contributed by atoms with Crippen molar-refractivity contribution >= 4 is 15.8 Å². The Labute approximate surface area is 169 Å². The fourth-order valence-electron chi connectivity index (χ4n) is 3.28. The lowest BCUT2D eigenvalue weighted by Crippen LogP contribution is -2.49. The molecule has 0 unspecified atom stereocenters. The maximum absolute atomic E-state index is 12.9. The molecule has 0 bridgehead atoms. The summed E-state index contributed by atoms with van der Waals surface area (Å²) in [7, 11) is -1.99. The number of piperazine rings is 1. The Morgan fingerprint density at radius 3 is 2.31 bits per heavy atom. The minimum atomic E-state index is -3.54. The molecule has 1 aromatic carbocycles. The van der Waals surface area contributed by atoms with Gasteiger partial charge in [-0.1, -0.05) is 0 Å². The minimum absolute atomic E-state index is 0.270. The van der Waals surface area contributed by atoms with Gasteiger partial charge in [0.15, 0.2) is 0 Å². The summed E-state index contributed by atoms with van der Waals surface area (Å²) >= 11 is 0. The number of methoxy groups -OCH3 is 1. The van der Waals surface area contributed by atoms with E-state index in [4.69, 9.17) is 4.74 Å². The lowest BCUT2D eigenvalue weighted by atomic mass is 10.3.